The summed E-state index contributed by atoms with van der Waals surface area (Å²) in [5.41, 5.74) is 1.93. The molecule has 1 unspecified atom stereocenters. The maximum Gasteiger partial charge on any atom is 0.311 e. The van der Waals surface area contributed by atoms with Gasteiger partial charge >= 0.3 is 5.91 Å². The van der Waals surface area contributed by atoms with Crippen LogP contribution in [0, 0.1) is 6.92 Å². The van der Waals surface area contributed by atoms with E-state index < -0.39 is 16.2 Å². The number of sulfonamides is 1. The van der Waals surface area contributed by atoms with Crippen LogP contribution in [0.15, 0.2) is 59.5 Å². The molecule has 0 N–H and O–H groups in total. The van der Waals surface area contributed by atoms with Crippen LogP contribution in [0.1, 0.15) is 37.9 Å². The van der Waals surface area contributed by atoms with Gasteiger partial charge in [0, 0.05) is 0 Å². The summed E-state index contributed by atoms with van der Waals surface area (Å²) in [6.45, 7) is 8.49. The van der Waals surface area contributed by atoms with Crippen LogP contribution in [0.25, 0.3) is 0 Å². The lowest BCUT2D eigenvalue weighted by molar-refractivity contribution is -0.866. The second-order valence-electron chi connectivity index (χ2n) is 7.10. The summed E-state index contributed by atoms with van der Waals surface area (Å²) in [6.07, 6.45) is -0.411. The number of benzene rings is 2. The Balaban J connectivity index is 2.11. The van der Waals surface area contributed by atoms with E-state index in [9.17, 15) is 13.2 Å². The van der Waals surface area contributed by atoms with Gasteiger partial charge < -0.3 is 0 Å². The van der Waals surface area contributed by atoms with Gasteiger partial charge in [-0.05, 0) is 38.5 Å². The predicted molar refractivity (Wildman–Crippen MR) is 105 cm³/mol. The Labute approximate surface area is 161 Å². The highest BCUT2D eigenvalue weighted by Crippen LogP contribution is 2.52. The highest BCUT2D eigenvalue weighted by atomic mass is 32.2. The molecule has 1 amide bonds. The van der Waals surface area contributed by atoms with Crippen molar-refractivity contribution in [1.82, 2.24) is 4.31 Å². The largest absolute Gasteiger partial charge is 0.311 e. The molecule has 1 fully saturated rings. The Kier molecular flexibility index (Phi) is 5.25. The molecule has 0 saturated carbocycles. The summed E-state index contributed by atoms with van der Waals surface area (Å²) < 4.78 is 28.5. The van der Waals surface area contributed by atoms with E-state index in [0.717, 1.165) is 11.1 Å². The van der Waals surface area contributed by atoms with E-state index in [2.05, 4.69) is 0 Å². The van der Waals surface area contributed by atoms with E-state index >= 15 is 0 Å². The number of hydrogen-bond acceptors (Lipinski definition) is 3. The third kappa shape index (κ3) is 3.22. The molecule has 3 atom stereocenters. The number of carbonyl (C=O) groups is 1. The first kappa shape index (κ1) is 19.7. The molecular formula is C21H27N2O3S+. The zero-order valence-corrected chi connectivity index (χ0v) is 17.1. The maximum absolute atomic E-state index is 13.4. The standard InChI is InChI=1S/C21H27N2O3S/c1-5-23(6-2,17(4)24)21-20(18-10-8-7-9-11-18)22(21)27(25,26)19-14-12-16(3)13-15-19/h7-15,20-21H,5-6H2,1-4H3/q+1/t20-,21-,22?/m1/s1. The number of rotatable bonds is 6. The van der Waals surface area contributed by atoms with Crippen LogP contribution in [0.3, 0.4) is 0 Å². The number of nitrogens with zero attached hydrogens (tertiary/aromatic N) is 2. The van der Waals surface area contributed by atoms with Gasteiger partial charge in [0.25, 0.3) is 0 Å². The molecule has 1 heterocycles. The van der Waals surface area contributed by atoms with Gasteiger partial charge in [-0.3, -0.25) is 0 Å². The van der Waals surface area contributed by atoms with Crippen LogP contribution in [-0.4, -0.2) is 42.4 Å². The average Bonchev–Trinajstić information content (AvgIpc) is 3.41. The van der Waals surface area contributed by atoms with Crippen molar-refractivity contribution in [1.29, 1.82) is 0 Å². The van der Waals surface area contributed by atoms with Gasteiger partial charge in [0.15, 0.2) is 6.17 Å². The first-order valence-electron chi connectivity index (χ1n) is 9.32. The van der Waals surface area contributed by atoms with Gasteiger partial charge in [0.1, 0.15) is 6.04 Å². The zero-order chi connectivity index (χ0) is 19.8. The molecule has 2 aromatic rings. The topological polar surface area (TPSA) is 54.2 Å². The van der Waals surface area contributed by atoms with E-state index in [4.69, 9.17) is 0 Å². The molecule has 1 saturated heterocycles. The SMILES string of the molecule is CC[N+](CC)(C(C)=O)[C@@H]1[C@@H](c2ccccc2)N1S(=O)(=O)c1ccc(C)cc1. The summed E-state index contributed by atoms with van der Waals surface area (Å²) in [4.78, 5) is 12.9. The van der Waals surface area contributed by atoms with Crippen molar-refractivity contribution in [2.24, 2.45) is 0 Å². The van der Waals surface area contributed by atoms with Crippen molar-refractivity contribution in [2.45, 2.75) is 44.8 Å². The van der Waals surface area contributed by atoms with Crippen molar-refractivity contribution >= 4 is 15.9 Å². The Morgan fingerprint density at radius 1 is 1.00 bits per heavy atom. The molecule has 6 heteroatoms. The Morgan fingerprint density at radius 3 is 2.04 bits per heavy atom. The third-order valence-corrected chi connectivity index (χ3v) is 7.59. The minimum Gasteiger partial charge on any atom is -0.244 e. The zero-order valence-electron chi connectivity index (χ0n) is 16.3. The molecular weight excluding hydrogens is 360 g/mol. The van der Waals surface area contributed by atoms with E-state index in [1.165, 1.54) is 4.31 Å². The maximum atomic E-state index is 13.4. The van der Waals surface area contributed by atoms with E-state index in [-0.39, 0.29) is 21.3 Å². The van der Waals surface area contributed by atoms with Crippen LogP contribution in [0.4, 0.5) is 0 Å². The van der Waals surface area contributed by atoms with Crippen LogP contribution < -0.4 is 0 Å². The third-order valence-electron chi connectivity index (χ3n) is 5.73. The average molecular weight is 388 g/mol. The molecule has 1 aliphatic rings. The van der Waals surface area contributed by atoms with E-state index in [1.807, 2.05) is 51.1 Å². The Bertz CT molecular complexity index is 920. The molecule has 5 nitrogen and oxygen atoms in total. The summed E-state index contributed by atoms with van der Waals surface area (Å²) in [6, 6.07) is 16.1. The van der Waals surface area contributed by atoms with Gasteiger partial charge in [-0.25, -0.2) is 17.7 Å². The van der Waals surface area contributed by atoms with Gasteiger partial charge in [-0.1, -0.05) is 48.0 Å². The monoisotopic (exact) mass is 387 g/mol. The number of amides is 1. The summed E-state index contributed by atoms with van der Waals surface area (Å²) >= 11 is 0. The fourth-order valence-electron chi connectivity index (χ4n) is 4.01. The minimum absolute atomic E-state index is 0.00691. The lowest BCUT2D eigenvalue weighted by Crippen LogP contribution is -2.55. The van der Waals surface area contributed by atoms with Crippen molar-refractivity contribution in [3.05, 3.63) is 65.7 Å². The molecule has 27 heavy (non-hydrogen) atoms. The van der Waals surface area contributed by atoms with Gasteiger partial charge in [-0.2, -0.15) is 0 Å². The molecule has 3 rings (SSSR count). The van der Waals surface area contributed by atoms with E-state index in [1.54, 1.807) is 31.2 Å². The van der Waals surface area contributed by atoms with Crippen LogP contribution in [-0.2, 0) is 14.8 Å². The van der Waals surface area contributed by atoms with Crippen molar-refractivity contribution in [3.8, 4) is 0 Å². The van der Waals surface area contributed by atoms with Crippen molar-refractivity contribution in [2.75, 3.05) is 13.1 Å². The number of aryl methyl sites for hydroxylation is 1. The smallest absolute Gasteiger partial charge is 0.244 e. The predicted octanol–water partition coefficient (Wildman–Crippen LogP) is 3.47. The molecule has 2 aromatic carbocycles. The van der Waals surface area contributed by atoms with Crippen molar-refractivity contribution in [3.63, 3.8) is 0 Å². The van der Waals surface area contributed by atoms with Crippen LogP contribution in [0.2, 0.25) is 0 Å². The highest BCUT2D eigenvalue weighted by molar-refractivity contribution is 7.89. The Hall–Kier alpha value is -2.02. The van der Waals surface area contributed by atoms with Gasteiger partial charge in [0.05, 0.1) is 24.9 Å². The number of hydrogen-bond donors (Lipinski definition) is 0. The van der Waals surface area contributed by atoms with Crippen molar-refractivity contribution < 1.29 is 17.7 Å². The molecule has 0 aliphatic carbocycles. The van der Waals surface area contributed by atoms with Gasteiger partial charge in [-0.15, -0.1) is 4.31 Å². The molecule has 0 aromatic heterocycles. The number of quaternary nitrogens is 1. The molecule has 0 spiro atoms. The molecule has 0 bridgehead atoms. The lowest BCUT2D eigenvalue weighted by atomic mass is 10.1. The van der Waals surface area contributed by atoms with Crippen LogP contribution in [0.5, 0.6) is 0 Å². The Morgan fingerprint density at radius 2 is 1.56 bits per heavy atom. The fraction of sp³-hybridized carbons (Fsp3) is 0.381. The summed E-state index contributed by atoms with van der Waals surface area (Å²) in [5, 5.41) is 0. The quantitative estimate of drug-likeness (QED) is 0.563. The second-order valence-corrected chi connectivity index (χ2v) is 8.95. The molecule has 144 valence electrons. The summed E-state index contributed by atoms with van der Waals surface area (Å²) in [7, 11) is -3.70. The lowest BCUT2D eigenvalue weighted by Gasteiger charge is -2.33. The fourth-order valence-corrected chi connectivity index (χ4v) is 5.79. The second kappa shape index (κ2) is 7.19. The van der Waals surface area contributed by atoms with Crippen LogP contribution >= 0.6 is 0 Å². The first-order valence-corrected chi connectivity index (χ1v) is 10.8. The summed E-state index contributed by atoms with van der Waals surface area (Å²) in [5.74, 6) is -0.00691. The van der Waals surface area contributed by atoms with E-state index in [0.29, 0.717) is 13.1 Å². The van der Waals surface area contributed by atoms with Gasteiger partial charge in [0.2, 0.25) is 10.0 Å². The molecule has 1 aliphatic heterocycles. The normalized spacial score (nSPS) is 22.4. The highest BCUT2D eigenvalue weighted by Gasteiger charge is 2.68. The minimum atomic E-state index is -3.70. The number of carbonyl (C=O) groups excluding carboxylic acids is 1. The first-order chi connectivity index (χ1) is 12.8. The molecule has 0 radical (unpaired) electrons. The number of likely N-dealkylation sites (N-methyl/N-ethyl adjacent to an activating group) is 1.